The molecule has 0 aromatic heterocycles. The van der Waals surface area contributed by atoms with E-state index in [1.165, 1.54) is 5.56 Å². The van der Waals surface area contributed by atoms with Crippen LogP contribution in [0.1, 0.15) is 5.56 Å². The van der Waals surface area contributed by atoms with Crippen molar-refractivity contribution in [3.8, 4) is 0 Å². The van der Waals surface area contributed by atoms with E-state index in [0.717, 1.165) is 30.5 Å². The van der Waals surface area contributed by atoms with Crippen LogP contribution in [0.5, 0.6) is 0 Å². The highest BCUT2D eigenvalue weighted by atomic mass is 35.5. The van der Waals surface area contributed by atoms with Gasteiger partial charge in [-0.05, 0) is 23.6 Å². The lowest BCUT2D eigenvalue weighted by Crippen LogP contribution is -2.46. The normalized spacial score (nSPS) is 18.1. The third kappa shape index (κ3) is 2.41. The first kappa shape index (κ1) is 10.3. The zero-order chi connectivity index (χ0) is 9.97. The summed E-state index contributed by atoms with van der Waals surface area (Å²) in [4.78, 5) is 2.40. The van der Waals surface area contributed by atoms with Gasteiger partial charge in [-0.3, -0.25) is 4.90 Å². The molecule has 2 rings (SSSR count). The summed E-state index contributed by atoms with van der Waals surface area (Å²) in [5.41, 5.74) is 1.32. The minimum atomic E-state index is 0.698. The standard InChI is InChI=1S/C11H13Cl2N/c12-5-10-7-14(8-10)6-9-1-3-11(13)4-2-9/h1-4,10H,5-8H2. The lowest BCUT2D eigenvalue weighted by molar-refractivity contribution is 0.107. The maximum atomic E-state index is 5.81. The lowest BCUT2D eigenvalue weighted by Gasteiger charge is -2.38. The van der Waals surface area contributed by atoms with E-state index in [9.17, 15) is 0 Å². The van der Waals surface area contributed by atoms with Crippen molar-refractivity contribution in [2.24, 2.45) is 5.92 Å². The number of benzene rings is 1. The average Bonchev–Trinajstić information content (AvgIpc) is 2.13. The maximum absolute atomic E-state index is 5.81. The van der Waals surface area contributed by atoms with Crippen LogP contribution in [0.25, 0.3) is 0 Å². The van der Waals surface area contributed by atoms with Crippen molar-refractivity contribution in [1.29, 1.82) is 0 Å². The van der Waals surface area contributed by atoms with Crippen molar-refractivity contribution in [3.63, 3.8) is 0 Å². The molecule has 1 fully saturated rings. The molecule has 1 aromatic rings. The van der Waals surface area contributed by atoms with E-state index in [1.54, 1.807) is 0 Å². The summed E-state index contributed by atoms with van der Waals surface area (Å²) in [6.07, 6.45) is 0. The van der Waals surface area contributed by atoms with Crippen LogP contribution in [-0.4, -0.2) is 23.9 Å². The van der Waals surface area contributed by atoms with Gasteiger partial charge in [-0.2, -0.15) is 0 Å². The van der Waals surface area contributed by atoms with Gasteiger partial charge < -0.3 is 0 Å². The number of hydrogen-bond donors (Lipinski definition) is 0. The van der Waals surface area contributed by atoms with Crippen molar-refractivity contribution >= 4 is 23.2 Å². The highest BCUT2D eigenvalue weighted by Gasteiger charge is 2.25. The molecule has 0 radical (unpaired) electrons. The molecular formula is C11H13Cl2N. The van der Waals surface area contributed by atoms with Gasteiger partial charge in [0.15, 0.2) is 0 Å². The first-order chi connectivity index (χ1) is 6.78. The van der Waals surface area contributed by atoms with E-state index in [1.807, 2.05) is 12.1 Å². The van der Waals surface area contributed by atoms with Crippen molar-refractivity contribution in [2.45, 2.75) is 6.54 Å². The number of alkyl halides is 1. The first-order valence-electron chi connectivity index (χ1n) is 4.80. The summed E-state index contributed by atoms with van der Waals surface area (Å²) in [6.45, 7) is 3.28. The molecule has 0 bridgehead atoms. The highest BCUT2D eigenvalue weighted by molar-refractivity contribution is 6.30. The molecule has 1 aliphatic rings. The number of likely N-dealkylation sites (tertiary alicyclic amines) is 1. The Hall–Kier alpha value is -0.240. The maximum Gasteiger partial charge on any atom is 0.0406 e. The van der Waals surface area contributed by atoms with Gasteiger partial charge in [0.2, 0.25) is 0 Å². The van der Waals surface area contributed by atoms with E-state index >= 15 is 0 Å². The van der Waals surface area contributed by atoms with Gasteiger partial charge in [0.1, 0.15) is 0 Å². The molecule has 0 spiro atoms. The Bertz CT molecular complexity index is 291. The molecule has 1 heterocycles. The third-order valence-electron chi connectivity index (χ3n) is 2.57. The van der Waals surface area contributed by atoms with Crippen molar-refractivity contribution < 1.29 is 0 Å². The van der Waals surface area contributed by atoms with E-state index < -0.39 is 0 Å². The summed E-state index contributed by atoms with van der Waals surface area (Å²) in [7, 11) is 0. The van der Waals surface area contributed by atoms with Crippen LogP contribution in [-0.2, 0) is 6.54 Å². The van der Waals surface area contributed by atoms with Gasteiger partial charge >= 0.3 is 0 Å². The largest absolute Gasteiger partial charge is 0.298 e. The lowest BCUT2D eigenvalue weighted by atomic mass is 10.0. The Labute approximate surface area is 94.6 Å². The Morgan fingerprint density at radius 1 is 1.21 bits per heavy atom. The van der Waals surface area contributed by atoms with Gasteiger partial charge in [-0.15, -0.1) is 11.6 Å². The van der Waals surface area contributed by atoms with Crippen LogP contribution in [0.2, 0.25) is 5.02 Å². The summed E-state index contributed by atoms with van der Waals surface area (Å²) < 4.78 is 0. The molecule has 1 aromatic carbocycles. The molecule has 0 atom stereocenters. The van der Waals surface area contributed by atoms with Gasteiger partial charge in [0.25, 0.3) is 0 Å². The molecule has 1 nitrogen and oxygen atoms in total. The molecule has 0 saturated carbocycles. The molecule has 0 aliphatic carbocycles. The first-order valence-corrected chi connectivity index (χ1v) is 5.72. The fourth-order valence-corrected chi connectivity index (χ4v) is 2.07. The van der Waals surface area contributed by atoms with Crippen LogP contribution in [0.4, 0.5) is 0 Å². The third-order valence-corrected chi connectivity index (χ3v) is 3.26. The second-order valence-corrected chi connectivity index (χ2v) is 4.59. The summed E-state index contributed by atoms with van der Waals surface area (Å²) in [6, 6.07) is 8.04. The number of rotatable bonds is 3. The SMILES string of the molecule is ClCC1CN(Cc2ccc(Cl)cc2)C1. The van der Waals surface area contributed by atoms with Gasteiger partial charge in [-0.1, -0.05) is 23.7 Å². The second-order valence-electron chi connectivity index (χ2n) is 3.84. The monoisotopic (exact) mass is 229 g/mol. The van der Waals surface area contributed by atoms with Crippen molar-refractivity contribution in [1.82, 2.24) is 4.90 Å². The summed E-state index contributed by atoms with van der Waals surface area (Å²) in [5.74, 6) is 1.49. The van der Waals surface area contributed by atoms with Crippen LogP contribution in [0, 0.1) is 5.92 Å². The number of halogens is 2. The predicted octanol–water partition coefficient (Wildman–Crippen LogP) is 3.01. The minimum absolute atomic E-state index is 0.698. The molecule has 3 heteroatoms. The smallest absolute Gasteiger partial charge is 0.0406 e. The topological polar surface area (TPSA) is 3.24 Å². The molecule has 0 unspecified atom stereocenters. The average molecular weight is 230 g/mol. The Balaban J connectivity index is 1.84. The Morgan fingerprint density at radius 3 is 2.43 bits per heavy atom. The second kappa shape index (κ2) is 4.52. The number of nitrogens with zero attached hydrogens (tertiary/aromatic N) is 1. The van der Waals surface area contributed by atoms with Crippen molar-refractivity contribution in [3.05, 3.63) is 34.9 Å². The highest BCUT2D eigenvalue weighted by Crippen LogP contribution is 2.20. The van der Waals surface area contributed by atoms with Gasteiger partial charge in [-0.25, -0.2) is 0 Å². The van der Waals surface area contributed by atoms with E-state index in [2.05, 4.69) is 17.0 Å². The van der Waals surface area contributed by atoms with E-state index in [0.29, 0.717) is 5.92 Å². The zero-order valence-corrected chi connectivity index (χ0v) is 9.43. The summed E-state index contributed by atoms with van der Waals surface area (Å²) >= 11 is 11.6. The predicted molar refractivity (Wildman–Crippen MR) is 60.9 cm³/mol. The molecule has 0 N–H and O–H groups in total. The molecule has 0 amide bonds. The quantitative estimate of drug-likeness (QED) is 0.721. The fraction of sp³-hybridized carbons (Fsp3) is 0.455. The molecule has 76 valence electrons. The van der Waals surface area contributed by atoms with Gasteiger partial charge in [0, 0.05) is 30.5 Å². The van der Waals surface area contributed by atoms with E-state index in [4.69, 9.17) is 23.2 Å². The Kier molecular flexibility index (Phi) is 3.32. The fourth-order valence-electron chi connectivity index (χ4n) is 1.75. The summed E-state index contributed by atoms with van der Waals surface area (Å²) in [5, 5.41) is 0.802. The van der Waals surface area contributed by atoms with Crippen LogP contribution >= 0.6 is 23.2 Å². The zero-order valence-electron chi connectivity index (χ0n) is 7.92. The van der Waals surface area contributed by atoms with Crippen LogP contribution in [0.15, 0.2) is 24.3 Å². The van der Waals surface area contributed by atoms with Crippen LogP contribution in [0.3, 0.4) is 0 Å². The Morgan fingerprint density at radius 2 is 1.86 bits per heavy atom. The van der Waals surface area contributed by atoms with Gasteiger partial charge in [0.05, 0.1) is 0 Å². The molecule has 14 heavy (non-hydrogen) atoms. The van der Waals surface area contributed by atoms with E-state index in [-0.39, 0.29) is 0 Å². The van der Waals surface area contributed by atoms with Crippen molar-refractivity contribution in [2.75, 3.05) is 19.0 Å². The minimum Gasteiger partial charge on any atom is -0.298 e. The molecular weight excluding hydrogens is 217 g/mol. The molecule has 1 aliphatic heterocycles. The molecule has 1 saturated heterocycles. The number of hydrogen-bond acceptors (Lipinski definition) is 1. The van der Waals surface area contributed by atoms with Crippen LogP contribution < -0.4 is 0 Å².